The molecular weight excluding hydrogens is 404 g/mol. The average molecular weight is 427 g/mol. The first-order valence-corrected chi connectivity index (χ1v) is 10.5. The molecule has 0 amide bonds. The minimum atomic E-state index is -0.117. The summed E-state index contributed by atoms with van der Waals surface area (Å²) in [5.41, 5.74) is 4.07. The number of para-hydroxylation sites is 3. The molecule has 5 nitrogen and oxygen atoms in total. The molecule has 1 aliphatic rings. The highest BCUT2D eigenvalue weighted by Gasteiger charge is 2.43. The van der Waals surface area contributed by atoms with Gasteiger partial charge in [0.05, 0.1) is 24.5 Å². The monoisotopic (exact) mass is 426 g/mol. The lowest BCUT2D eigenvalue weighted by Crippen LogP contribution is -2.30. The quantitative estimate of drug-likeness (QED) is 0.452. The van der Waals surface area contributed by atoms with Crippen molar-refractivity contribution >= 4 is 23.0 Å². The molecule has 0 unspecified atom stereocenters. The molecule has 6 heteroatoms. The van der Waals surface area contributed by atoms with E-state index in [0.29, 0.717) is 5.11 Å². The summed E-state index contributed by atoms with van der Waals surface area (Å²) in [4.78, 5) is 6.78. The van der Waals surface area contributed by atoms with E-state index in [0.717, 1.165) is 28.5 Å². The molecule has 2 atom stereocenters. The Bertz CT molecular complexity index is 1190. The van der Waals surface area contributed by atoms with Gasteiger partial charge >= 0.3 is 0 Å². The lowest BCUT2D eigenvalue weighted by Gasteiger charge is -2.29. The maximum Gasteiger partial charge on any atom is 0.174 e. The minimum Gasteiger partial charge on any atom is -0.495 e. The van der Waals surface area contributed by atoms with Crippen LogP contribution in [0.4, 0.5) is 5.69 Å². The Morgan fingerprint density at radius 2 is 1.68 bits per heavy atom. The number of ether oxygens (including phenoxy) is 1. The van der Waals surface area contributed by atoms with Gasteiger partial charge in [0.15, 0.2) is 5.11 Å². The van der Waals surface area contributed by atoms with Crippen LogP contribution in [0.15, 0.2) is 97.3 Å². The Kier molecular flexibility index (Phi) is 5.14. The highest BCUT2D eigenvalue weighted by atomic mass is 32.1. The number of thiocarbonyl (C=S) groups is 1. The second-order valence-electron chi connectivity index (χ2n) is 7.31. The van der Waals surface area contributed by atoms with Gasteiger partial charge in [-0.25, -0.2) is 0 Å². The number of pyridine rings is 1. The Labute approximate surface area is 186 Å². The van der Waals surface area contributed by atoms with Crippen molar-refractivity contribution in [2.45, 2.75) is 12.1 Å². The Morgan fingerprint density at radius 3 is 2.45 bits per heavy atom. The van der Waals surface area contributed by atoms with Crippen LogP contribution in [-0.2, 0) is 0 Å². The predicted molar refractivity (Wildman–Crippen MR) is 127 cm³/mol. The molecule has 0 aliphatic carbocycles. The van der Waals surface area contributed by atoms with Crippen molar-refractivity contribution in [2.75, 3.05) is 12.0 Å². The Balaban J connectivity index is 1.69. The molecule has 2 aromatic carbocycles. The molecule has 2 aromatic heterocycles. The van der Waals surface area contributed by atoms with Gasteiger partial charge in [0, 0.05) is 23.8 Å². The van der Waals surface area contributed by atoms with E-state index in [1.165, 1.54) is 0 Å². The van der Waals surface area contributed by atoms with Gasteiger partial charge in [-0.15, -0.1) is 0 Å². The number of hydrogen-bond donors (Lipinski definition) is 1. The maximum atomic E-state index is 5.84. The second kappa shape index (κ2) is 8.24. The molecular formula is C25H22N4OS. The second-order valence-corrected chi connectivity index (χ2v) is 7.69. The van der Waals surface area contributed by atoms with E-state index in [9.17, 15) is 0 Å². The zero-order valence-electron chi connectivity index (χ0n) is 17.1. The normalized spacial score (nSPS) is 18.1. The van der Waals surface area contributed by atoms with Gasteiger partial charge in [0.1, 0.15) is 11.8 Å². The fourth-order valence-corrected chi connectivity index (χ4v) is 4.54. The van der Waals surface area contributed by atoms with Crippen molar-refractivity contribution < 1.29 is 4.74 Å². The molecule has 1 aliphatic heterocycles. The van der Waals surface area contributed by atoms with Crippen LogP contribution in [0.3, 0.4) is 0 Å². The van der Waals surface area contributed by atoms with Gasteiger partial charge in [0.25, 0.3) is 0 Å². The Hall–Kier alpha value is -3.64. The van der Waals surface area contributed by atoms with Gasteiger partial charge in [-0.05, 0) is 60.7 Å². The third kappa shape index (κ3) is 3.45. The fourth-order valence-electron chi connectivity index (χ4n) is 4.20. The zero-order valence-corrected chi connectivity index (χ0v) is 17.9. The number of nitrogens with zero attached hydrogens (tertiary/aromatic N) is 3. The van der Waals surface area contributed by atoms with Gasteiger partial charge in [-0.2, -0.15) is 0 Å². The topological polar surface area (TPSA) is 42.3 Å². The van der Waals surface area contributed by atoms with E-state index < -0.39 is 0 Å². The first kappa shape index (κ1) is 19.3. The number of rotatable bonds is 5. The number of aromatic nitrogens is 2. The van der Waals surface area contributed by atoms with Crippen LogP contribution in [-0.4, -0.2) is 21.8 Å². The molecule has 3 heterocycles. The van der Waals surface area contributed by atoms with Crippen LogP contribution in [0, 0.1) is 0 Å². The summed E-state index contributed by atoms with van der Waals surface area (Å²) in [6.07, 6.45) is 3.90. The molecule has 1 N–H and O–H groups in total. The van der Waals surface area contributed by atoms with E-state index in [1.54, 1.807) is 7.11 Å². The minimum absolute atomic E-state index is 0.115. The third-order valence-corrected chi connectivity index (χ3v) is 5.88. The number of nitrogens with one attached hydrogen (secondary N) is 1. The van der Waals surface area contributed by atoms with Gasteiger partial charge < -0.3 is 19.5 Å². The zero-order chi connectivity index (χ0) is 21.2. The summed E-state index contributed by atoms with van der Waals surface area (Å²) < 4.78 is 7.88. The standard InChI is InChI=1S/C25H22N4OS/c1-30-22-15-6-5-13-20(22)29-24(23(27-25(29)31)19-12-7-8-16-26-19)21-14-9-17-28(21)18-10-3-2-4-11-18/h2-17,23-24H,1H3,(H,27,31)/t23-,24-/m0/s1. The number of anilines is 1. The van der Waals surface area contributed by atoms with E-state index in [2.05, 4.69) is 50.2 Å². The van der Waals surface area contributed by atoms with E-state index in [4.69, 9.17) is 17.0 Å². The lowest BCUT2D eigenvalue weighted by atomic mass is 10.0. The number of methoxy groups -OCH3 is 1. The highest BCUT2D eigenvalue weighted by Crippen LogP contribution is 2.44. The summed E-state index contributed by atoms with van der Waals surface area (Å²) in [5, 5.41) is 4.16. The number of benzene rings is 2. The summed E-state index contributed by atoms with van der Waals surface area (Å²) in [6.45, 7) is 0. The predicted octanol–water partition coefficient (Wildman–Crippen LogP) is 5.06. The third-order valence-electron chi connectivity index (χ3n) is 5.56. The summed E-state index contributed by atoms with van der Waals surface area (Å²) in [7, 11) is 1.68. The van der Waals surface area contributed by atoms with Crippen molar-refractivity contribution in [3.8, 4) is 11.4 Å². The molecule has 1 saturated heterocycles. The van der Waals surface area contributed by atoms with Crippen LogP contribution < -0.4 is 15.0 Å². The molecule has 154 valence electrons. The van der Waals surface area contributed by atoms with Crippen LogP contribution in [0.25, 0.3) is 5.69 Å². The van der Waals surface area contributed by atoms with Crippen molar-refractivity contribution in [3.05, 3.63) is 109 Å². The van der Waals surface area contributed by atoms with Crippen molar-refractivity contribution in [3.63, 3.8) is 0 Å². The van der Waals surface area contributed by atoms with Gasteiger partial charge in [-0.3, -0.25) is 4.98 Å². The van der Waals surface area contributed by atoms with Gasteiger partial charge in [0.2, 0.25) is 0 Å². The first-order valence-electron chi connectivity index (χ1n) is 10.1. The fraction of sp³-hybridized carbons (Fsp3) is 0.120. The molecule has 1 fully saturated rings. The maximum absolute atomic E-state index is 5.84. The molecule has 4 aromatic rings. The van der Waals surface area contributed by atoms with Crippen molar-refractivity contribution in [1.82, 2.24) is 14.9 Å². The smallest absolute Gasteiger partial charge is 0.174 e. The average Bonchev–Trinajstić information content (AvgIpc) is 3.44. The van der Waals surface area contributed by atoms with E-state index in [1.807, 2.05) is 66.9 Å². The Morgan fingerprint density at radius 1 is 0.903 bits per heavy atom. The largest absolute Gasteiger partial charge is 0.495 e. The molecule has 0 bridgehead atoms. The summed E-state index contributed by atoms with van der Waals surface area (Å²) >= 11 is 5.84. The van der Waals surface area contributed by atoms with Gasteiger partial charge in [-0.1, -0.05) is 36.4 Å². The summed E-state index contributed by atoms with van der Waals surface area (Å²) in [6, 6.07) is 28.2. The lowest BCUT2D eigenvalue weighted by molar-refractivity contribution is 0.414. The molecule has 0 radical (unpaired) electrons. The number of hydrogen-bond acceptors (Lipinski definition) is 3. The van der Waals surface area contributed by atoms with Crippen molar-refractivity contribution in [1.29, 1.82) is 0 Å². The van der Waals surface area contributed by atoms with Crippen LogP contribution in [0.2, 0.25) is 0 Å². The molecule has 5 rings (SSSR count). The molecule has 31 heavy (non-hydrogen) atoms. The highest BCUT2D eigenvalue weighted by molar-refractivity contribution is 7.80. The summed E-state index contributed by atoms with van der Waals surface area (Å²) in [5.74, 6) is 0.774. The van der Waals surface area contributed by atoms with Crippen LogP contribution in [0.5, 0.6) is 5.75 Å². The van der Waals surface area contributed by atoms with E-state index in [-0.39, 0.29) is 12.1 Å². The first-order chi connectivity index (χ1) is 15.3. The van der Waals surface area contributed by atoms with Crippen LogP contribution >= 0.6 is 12.2 Å². The van der Waals surface area contributed by atoms with Crippen molar-refractivity contribution in [2.24, 2.45) is 0 Å². The SMILES string of the molecule is COc1ccccc1N1C(=S)N[C@@H](c2ccccn2)[C@@H]1c1cccn1-c1ccccc1. The molecule has 0 spiro atoms. The van der Waals surface area contributed by atoms with E-state index >= 15 is 0 Å². The van der Waals surface area contributed by atoms with Crippen LogP contribution in [0.1, 0.15) is 23.5 Å². The molecule has 0 saturated carbocycles.